The number of rotatable bonds is 2. The zero-order valence-electron chi connectivity index (χ0n) is 7.46. The van der Waals surface area contributed by atoms with Crippen LogP contribution in [-0.4, -0.2) is 5.11 Å². The van der Waals surface area contributed by atoms with E-state index in [0.29, 0.717) is 5.00 Å². The van der Waals surface area contributed by atoms with Gasteiger partial charge < -0.3 is 10.8 Å². The van der Waals surface area contributed by atoms with Crippen LogP contribution in [0.25, 0.3) is 10.1 Å². The number of hydrogen-bond acceptors (Lipinski definition) is 3. The molecule has 0 saturated heterocycles. The van der Waals surface area contributed by atoms with Gasteiger partial charge in [-0.2, -0.15) is 0 Å². The summed E-state index contributed by atoms with van der Waals surface area (Å²) in [6, 6.07) is 6.16. The molecule has 1 aromatic heterocycles. The van der Waals surface area contributed by atoms with Crippen molar-refractivity contribution < 1.29 is 5.11 Å². The molecule has 0 bridgehead atoms. The summed E-state index contributed by atoms with van der Waals surface area (Å²) in [6.45, 7) is 0.0134. The van der Waals surface area contributed by atoms with Gasteiger partial charge in [0.2, 0.25) is 0 Å². The Labute approximate surface area is 94.5 Å². The molecule has 0 aliphatic rings. The number of hydrogen-bond donors (Lipinski definition) is 2. The zero-order valence-corrected chi connectivity index (χ0v) is 9.86. The van der Waals surface area contributed by atoms with E-state index < -0.39 is 0 Å². The van der Waals surface area contributed by atoms with E-state index in [1.165, 1.54) is 16.9 Å². The monoisotopic (exact) mass is 271 g/mol. The molecule has 2 aromatic rings. The Hall–Kier alpha value is -0.580. The summed E-state index contributed by atoms with van der Waals surface area (Å²) >= 11 is 4.94. The molecule has 0 aliphatic carbocycles. The molecule has 14 heavy (non-hydrogen) atoms. The largest absolute Gasteiger partial charge is 0.392 e. The molecule has 3 N–H and O–H groups in total. The van der Waals surface area contributed by atoms with Gasteiger partial charge in [-0.1, -0.05) is 28.1 Å². The van der Waals surface area contributed by atoms with Crippen LogP contribution >= 0.6 is 27.3 Å². The molecular weight excluding hydrogens is 262 g/mol. The summed E-state index contributed by atoms with van der Waals surface area (Å²) in [5, 5.41) is 11.8. The first-order chi connectivity index (χ1) is 6.76. The van der Waals surface area contributed by atoms with E-state index in [0.717, 1.165) is 21.0 Å². The number of benzene rings is 1. The highest BCUT2D eigenvalue weighted by Crippen LogP contribution is 2.34. The average molecular weight is 272 g/mol. The minimum absolute atomic E-state index is 0.0134. The number of alkyl halides is 1. The molecule has 0 fully saturated rings. The third kappa shape index (κ3) is 1.54. The third-order valence-corrected chi connectivity index (χ3v) is 3.87. The SMILES string of the molecule is Nc1sc2cc(CBr)ccc2c1CO. The van der Waals surface area contributed by atoms with E-state index >= 15 is 0 Å². The van der Waals surface area contributed by atoms with E-state index in [2.05, 4.69) is 22.0 Å². The van der Waals surface area contributed by atoms with E-state index in [9.17, 15) is 0 Å². The number of aliphatic hydroxyl groups excluding tert-OH is 1. The third-order valence-electron chi connectivity index (χ3n) is 2.20. The van der Waals surface area contributed by atoms with Crippen LogP contribution in [0.15, 0.2) is 18.2 Å². The summed E-state index contributed by atoms with van der Waals surface area (Å²) < 4.78 is 1.14. The molecule has 0 saturated carbocycles. The molecule has 0 spiro atoms. The fourth-order valence-corrected chi connectivity index (χ4v) is 2.85. The van der Waals surface area contributed by atoms with Gasteiger partial charge in [0.25, 0.3) is 0 Å². The lowest BCUT2D eigenvalue weighted by Crippen LogP contribution is -1.87. The lowest BCUT2D eigenvalue weighted by molar-refractivity contribution is 0.284. The quantitative estimate of drug-likeness (QED) is 0.826. The van der Waals surface area contributed by atoms with Gasteiger partial charge in [-0.3, -0.25) is 0 Å². The topological polar surface area (TPSA) is 46.2 Å². The van der Waals surface area contributed by atoms with Crippen molar-refractivity contribution in [2.45, 2.75) is 11.9 Å². The minimum Gasteiger partial charge on any atom is -0.392 e. The van der Waals surface area contributed by atoms with E-state index in [1.54, 1.807) is 0 Å². The van der Waals surface area contributed by atoms with Crippen LogP contribution in [0.2, 0.25) is 0 Å². The van der Waals surface area contributed by atoms with Gasteiger partial charge in [-0.15, -0.1) is 11.3 Å². The average Bonchev–Trinajstić information content (AvgIpc) is 2.51. The van der Waals surface area contributed by atoms with Crippen molar-refractivity contribution in [3.63, 3.8) is 0 Å². The molecule has 74 valence electrons. The fraction of sp³-hybridized carbons (Fsp3) is 0.200. The number of thiophene rings is 1. The normalized spacial score (nSPS) is 11.0. The first-order valence-electron chi connectivity index (χ1n) is 4.23. The van der Waals surface area contributed by atoms with Gasteiger partial charge in [0.1, 0.15) is 0 Å². The number of fused-ring (bicyclic) bond motifs is 1. The van der Waals surface area contributed by atoms with Gasteiger partial charge in [0.05, 0.1) is 11.6 Å². The zero-order chi connectivity index (χ0) is 10.1. The Morgan fingerprint density at radius 3 is 2.86 bits per heavy atom. The number of aliphatic hydroxyl groups is 1. The van der Waals surface area contributed by atoms with E-state index in [1.807, 2.05) is 12.1 Å². The number of halogens is 1. The highest BCUT2D eigenvalue weighted by atomic mass is 79.9. The van der Waals surface area contributed by atoms with Crippen molar-refractivity contribution in [2.24, 2.45) is 0 Å². The number of nitrogens with two attached hydrogens (primary N) is 1. The Balaban J connectivity index is 2.68. The predicted octanol–water partition coefficient (Wildman–Crippen LogP) is 2.87. The maximum Gasteiger partial charge on any atom is 0.0924 e. The molecule has 1 aromatic carbocycles. The molecule has 1 heterocycles. The minimum atomic E-state index is 0.0134. The van der Waals surface area contributed by atoms with Crippen LogP contribution < -0.4 is 5.73 Å². The Morgan fingerprint density at radius 1 is 1.43 bits per heavy atom. The second kappa shape index (κ2) is 3.88. The van der Waals surface area contributed by atoms with E-state index in [4.69, 9.17) is 10.8 Å². The van der Waals surface area contributed by atoms with Crippen LogP contribution in [0.1, 0.15) is 11.1 Å². The summed E-state index contributed by atoms with van der Waals surface area (Å²) in [6.07, 6.45) is 0. The summed E-state index contributed by atoms with van der Waals surface area (Å²) in [4.78, 5) is 0. The van der Waals surface area contributed by atoms with Gasteiger partial charge in [0.15, 0.2) is 0 Å². The van der Waals surface area contributed by atoms with Crippen molar-refractivity contribution in [1.82, 2.24) is 0 Å². The second-order valence-electron chi connectivity index (χ2n) is 3.07. The van der Waals surface area contributed by atoms with E-state index in [-0.39, 0.29) is 6.61 Å². The van der Waals surface area contributed by atoms with Gasteiger partial charge in [0, 0.05) is 21.0 Å². The molecule has 0 radical (unpaired) electrons. The van der Waals surface area contributed by atoms with Crippen LogP contribution in [-0.2, 0) is 11.9 Å². The lowest BCUT2D eigenvalue weighted by atomic mass is 10.1. The van der Waals surface area contributed by atoms with Crippen LogP contribution in [0.5, 0.6) is 0 Å². The molecule has 0 amide bonds. The summed E-state index contributed by atoms with van der Waals surface area (Å²) in [5.74, 6) is 0. The maximum atomic E-state index is 9.15. The first kappa shape index (κ1) is 9.96. The van der Waals surface area contributed by atoms with Crippen LogP contribution in [0, 0.1) is 0 Å². The van der Waals surface area contributed by atoms with Crippen molar-refractivity contribution in [3.05, 3.63) is 29.3 Å². The van der Waals surface area contributed by atoms with Crippen molar-refractivity contribution in [3.8, 4) is 0 Å². The molecule has 0 atom stereocenters. The summed E-state index contributed by atoms with van der Waals surface area (Å²) in [7, 11) is 0. The number of anilines is 1. The van der Waals surface area contributed by atoms with Crippen LogP contribution in [0.3, 0.4) is 0 Å². The standard InChI is InChI=1S/C10H10BrNOS/c11-4-6-1-2-7-8(5-13)10(12)14-9(7)3-6/h1-3,13H,4-5,12H2. The van der Waals surface area contributed by atoms with Crippen molar-refractivity contribution in [2.75, 3.05) is 5.73 Å². The Morgan fingerprint density at radius 2 is 2.21 bits per heavy atom. The molecule has 0 unspecified atom stereocenters. The second-order valence-corrected chi connectivity index (χ2v) is 4.71. The number of nitrogen functional groups attached to an aromatic ring is 1. The van der Waals surface area contributed by atoms with Crippen molar-refractivity contribution in [1.29, 1.82) is 0 Å². The highest BCUT2D eigenvalue weighted by Gasteiger charge is 2.08. The first-order valence-corrected chi connectivity index (χ1v) is 6.16. The van der Waals surface area contributed by atoms with Crippen molar-refractivity contribution >= 4 is 42.4 Å². The van der Waals surface area contributed by atoms with Gasteiger partial charge in [-0.05, 0) is 11.6 Å². The molecule has 0 aliphatic heterocycles. The maximum absolute atomic E-state index is 9.15. The lowest BCUT2D eigenvalue weighted by Gasteiger charge is -1.97. The molecular formula is C10H10BrNOS. The fourth-order valence-electron chi connectivity index (χ4n) is 1.46. The Kier molecular flexibility index (Phi) is 2.76. The predicted molar refractivity (Wildman–Crippen MR) is 64.8 cm³/mol. The molecule has 2 rings (SSSR count). The highest BCUT2D eigenvalue weighted by molar-refractivity contribution is 9.08. The van der Waals surface area contributed by atoms with Crippen LogP contribution in [0.4, 0.5) is 5.00 Å². The Bertz CT molecular complexity index is 466. The van der Waals surface area contributed by atoms with Gasteiger partial charge in [-0.25, -0.2) is 0 Å². The smallest absolute Gasteiger partial charge is 0.0924 e. The van der Waals surface area contributed by atoms with Gasteiger partial charge >= 0.3 is 0 Å². The summed E-state index contributed by atoms with van der Waals surface area (Å²) in [5.41, 5.74) is 7.88. The molecule has 2 nitrogen and oxygen atoms in total. The molecule has 4 heteroatoms.